The molecular formula is C23H22N2O4. The summed E-state index contributed by atoms with van der Waals surface area (Å²) in [4.78, 5) is 4.64. The van der Waals surface area contributed by atoms with Crippen LogP contribution in [0.4, 0.5) is 0 Å². The lowest BCUT2D eigenvalue weighted by Gasteiger charge is -2.19. The minimum absolute atomic E-state index is 0.248. The molecule has 3 aromatic rings. The average Bonchev–Trinajstić information content (AvgIpc) is 3.44. The first kappa shape index (κ1) is 17.8. The fourth-order valence-corrected chi connectivity index (χ4v) is 3.80. The Kier molecular flexibility index (Phi) is 4.69. The van der Waals surface area contributed by atoms with Gasteiger partial charge in [-0.3, -0.25) is 4.99 Å². The minimum Gasteiger partial charge on any atom is -0.490 e. The van der Waals surface area contributed by atoms with Crippen molar-refractivity contribution >= 4 is 16.6 Å². The van der Waals surface area contributed by atoms with E-state index in [-0.39, 0.29) is 6.79 Å². The lowest BCUT2D eigenvalue weighted by molar-refractivity contribution is 0.146. The number of hydrogen-bond donors (Lipinski definition) is 1. The summed E-state index contributed by atoms with van der Waals surface area (Å²) >= 11 is 0. The predicted octanol–water partition coefficient (Wildman–Crippen LogP) is 3.61. The van der Waals surface area contributed by atoms with Crippen molar-refractivity contribution < 1.29 is 18.9 Å². The van der Waals surface area contributed by atoms with Crippen molar-refractivity contribution in [2.24, 2.45) is 4.99 Å². The Hall–Kier alpha value is -3.25. The third-order valence-electron chi connectivity index (χ3n) is 5.13. The third kappa shape index (κ3) is 3.25. The number of methoxy groups -OCH3 is 1. The molecule has 0 spiro atoms. The quantitative estimate of drug-likeness (QED) is 0.652. The SMILES string of the molecule is COCCOc1c(C2=NCCN2)cc2ccccc2c1-c1ccc2c(c1)OCO2. The van der Waals surface area contributed by atoms with Gasteiger partial charge in [-0.25, -0.2) is 0 Å². The molecule has 0 radical (unpaired) electrons. The van der Waals surface area contributed by atoms with Gasteiger partial charge in [0.25, 0.3) is 0 Å². The summed E-state index contributed by atoms with van der Waals surface area (Å²) < 4.78 is 22.6. The van der Waals surface area contributed by atoms with Gasteiger partial charge in [-0.15, -0.1) is 0 Å². The molecule has 29 heavy (non-hydrogen) atoms. The maximum Gasteiger partial charge on any atom is 0.231 e. The van der Waals surface area contributed by atoms with Crippen molar-refractivity contribution in [1.82, 2.24) is 5.32 Å². The van der Waals surface area contributed by atoms with Crippen LogP contribution in [0.5, 0.6) is 17.2 Å². The number of benzene rings is 3. The van der Waals surface area contributed by atoms with Gasteiger partial charge in [0.05, 0.1) is 18.7 Å². The van der Waals surface area contributed by atoms with Crippen molar-refractivity contribution in [2.75, 3.05) is 40.2 Å². The smallest absolute Gasteiger partial charge is 0.231 e. The largest absolute Gasteiger partial charge is 0.490 e. The summed E-state index contributed by atoms with van der Waals surface area (Å²) in [5, 5.41) is 5.63. The second-order valence-corrected chi connectivity index (χ2v) is 6.92. The van der Waals surface area contributed by atoms with Gasteiger partial charge in [0.15, 0.2) is 11.5 Å². The number of aliphatic imine (C=N–C) groups is 1. The summed E-state index contributed by atoms with van der Waals surface area (Å²) in [5.74, 6) is 3.17. The van der Waals surface area contributed by atoms with Crippen LogP contribution in [0.3, 0.4) is 0 Å². The second kappa shape index (κ2) is 7.64. The number of nitrogens with zero attached hydrogens (tertiary/aromatic N) is 1. The highest BCUT2D eigenvalue weighted by Crippen LogP contribution is 2.44. The molecule has 0 aromatic heterocycles. The minimum atomic E-state index is 0.248. The van der Waals surface area contributed by atoms with Gasteiger partial charge in [0.2, 0.25) is 6.79 Å². The Morgan fingerprint density at radius 3 is 2.79 bits per heavy atom. The highest BCUT2D eigenvalue weighted by molar-refractivity contribution is 6.11. The van der Waals surface area contributed by atoms with Crippen molar-refractivity contribution in [3.63, 3.8) is 0 Å². The van der Waals surface area contributed by atoms with Crippen molar-refractivity contribution in [2.45, 2.75) is 0 Å². The number of amidine groups is 1. The second-order valence-electron chi connectivity index (χ2n) is 6.92. The van der Waals surface area contributed by atoms with Crippen LogP contribution in [0.25, 0.3) is 21.9 Å². The fraction of sp³-hybridized carbons (Fsp3) is 0.261. The van der Waals surface area contributed by atoms with Gasteiger partial charge in [-0.2, -0.15) is 0 Å². The van der Waals surface area contributed by atoms with Crippen molar-refractivity contribution in [1.29, 1.82) is 0 Å². The molecule has 2 aliphatic heterocycles. The summed E-state index contributed by atoms with van der Waals surface area (Å²) in [6.07, 6.45) is 0. The van der Waals surface area contributed by atoms with Crippen LogP contribution in [0.2, 0.25) is 0 Å². The summed E-state index contributed by atoms with van der Waals surface area (Å²) in [7, 11) is 1.67. The molecule has 1 N–H and O–H groups in total. The van der Waals surface area contributed by atoms with E-state index in [9.17, 15) is 0 Å². The van der Waals surface area contributed by atoms with E-state index in [1.807, 2.05) is 30.3 Å². The molecular weight excluding hydrogens is 368 g/mol. The monoisotopic (exact) mass is 390 g/mol. The predicted molar refractivity (Wildman–Crippen MR) is 112 cm³/mol. The Labute approximate surface area is 169 Å². The average molecular weight is 390 g/mol. The Bertz CT molecular complexity index is 1090. The highest BCUT2D eigenvalue weighted by Gasteiger charge is 2.23. The molecule has 6 heteroatoms. The zero-order chi connectivity index (χ0) is 19.6. The van der Waals surface area contributed by atoms with E-state index in [1.165, 1.54) is 0 Å². The van der Waals surface area contributed by atoms with E-state index in [0.717, 1.165) is 63.6 Å². The summed E-state index contributed by atoms with van der Waals surface area (Å²) in [5.41, 5.74) is 2.99. The van der Waals surface area contributed by atoms with Gasteiger partial charge in [0.1, 0.15) is 18.2 Å². The first-order chi connectivity index (χ1) is 14.3. The molecule has 0 saturated carbocycles. The third-order valence-corrected chi connectivity index (χ3v) is 5.13. The molecule has 0 saturated heterocycles. The topological polar surface area (TPSA) is 61.3 Å². The molecule has 0 aliphatic carbocycles. The molecule has 0 atom stereocenters. The van der Waals surface area contributed by atoms with Crippen LogP contribution in [-0.4, -0.2) is 46.0 Å². The first-order valence-corrected chi connectivity index (χ1v) is 9.71. The molecule has 0 amide bonds. The highest BCUT2D eigenvalue weighted by atomic mass is 16.7. The first-order valence-electron chi connectivity index (χ1n) is 9.71. The lowest BCUT2D eigenvalue weighted by Crippen LogP contribution is -2.21. The molecule has 148 valence electrons. The van der Waals surface area contributed by atoms with E-state index < -0.39 is 0 Å². The molecule has 5 rings (SSSR count). The molecule has 3 aromatic carbocycles. The number of rotatable bonds is 6. The zero-order valence-corrected chi connectivity index (χ0v) is 16.2. The van der Waals surface area contributed by atoms with E-state index in [1.54, 1.807) is 7.11 Å². The van der Waals surface area contributed by atoms with Crippen molar-refractivity contribution in [3.8, 4) is 28.4 Å². The van der Waals surface area contributed by atoms with E-state index in [4.69, 9.17) is 18.9 Å². The van der Waals surface area contributed by atoms with Crippen LogP contribution in [0.15, 0.2) is 53.5 Å². The van der Waals surface area contributed by atoms with Crippen LogP contribution >= 0.6 is 0 Å². The van der Waals surface area contributed by atoms with Crippen LogP contribution in [0.1, 0.15) is 5.56 Å². The molecule has 0 unspecified atom stereocenters. The Balaban J connectivity index is 1.75. The summed E-state index contributed by atoms with van der Waals surface area (Å²) in [6.45, 7) is 2.80. The summed E-state index contributed by atoms with van der Waals surface area (Å²) in [6, 6.07) is 16.5. The standard InChI is InChI=1S/C23H22N2O4/c1-26-10-11-27-22-18(23-24-8-9-25-23)12-15-4-2-3-5-17(15)21(22)16-6-7-19-20(13-16)29-14-28-19/h2-7,12-13H,8-11,14H2,1H3,(H,24,25). The van der Waals surface area contributed by atoms with Gasteiger partial charge < -0.3 is 24.3 Å². The molecule has 2 aliphatic rings. The number of nitrogens with one attached hydrogen (secondary N) is 1. The Morgan fingerprint density at radius 1 is 1.03 bits per heavy atom. The van der Waals surface area contributed by atoms with Crippen LogP contribution in [0, 0.1) is 0 Å². The van der Waals surface area contributed by atoms with E-state index >= 15 is 0 Å². The molecule has 6 nitrogen and oxygen atoms in total. The van der Waals surface area contributed by atoms with Gasteiger partial charge in [-0.1, -0.05) is 30.3 Å². The molecule has 2 heterocycles. The zero-order valence-electron chi connectivity index (χ0n) is 16.2. The number of ether oxygens (including phenoxy) is 4. The normalized spacial score (nSPS) is 14.7. The fourth-order valence-electron chi connectivity index (χ4n) is 3.80. The van der Waals surface area contributed by atoms with Gasteiger partial charge >= 0.3 is 0 Å². The van der Waals surface area contributed by atoms with Gasteiger partial charge in [0, 0.05) is 19.2 Å². The number of fused-ring (bicyclic) bond motifs is 2. The van der Waals surface area contributed by atoms with Crippen molar-refractivity contribution in [3.05, 3.63) is 54.1 Å². The van der Waals surface area contributed by atoms with Crippen LogP contribution < -0.4 is 19.5 Å². The number of hydrogen-bond acceptors (Lipinski definition) is 6. The lowest BCUT2D eigenvalue weighted by atomic mass is 9.93. The van der Waals surface area contributed by atoms with E-state index in [0.29, 0.717) is 13.2 Å². The van der Waals surface area contributed by atoms with Crippen LogP contribution in [-0.2, 0) is 4.74 Å². The van der Waals surface area contributed by atoms with E-state index in [2.05, 4.69) is 28.5 Å². The van der Waals surface area contributed by atoms with Gasteiger partial charge in [-0.05, 0) is 34.5 Å². The Morgan fingerprint density at radius 2 is 1.93 bits per heavy atom. The maximum absolute atomic E-state index is 6.29. The molecule has 0 fully saturated rings. The maximum atomic E-state index is 6.29. The molecule has 0 bridgehead atoms.